The van der Waals surface area contributed by atoms with Gasteiger partial charge in [-0.25, -0.2) is 0 Å². The SMILES string of the molecule is C#Cc1ccc(C#C[Si](C)(C)C)cc1.CC(=O)C1=C(C(C)=O)C2(c3cc(I)ccc3-c3ccc(I)cc32)C2(c3ccc(C)cc3)c3ccccc3CCN12. The van der Waals surface area contributed by atoms with Gasteiger partial charge in [-0.2, -0.15) is 0 Å². The van der Waals surface area contributed by atoms with Crippen molar-refractivity contribution in [2.24, 2.45) is 0 Å². The van der Waals surface area contributed by atoms with Gasteiger partial charge in [0.25, 0.3) is 0 Å². The number of carbonyl (C=O) groups is 2. The Morgan fingerprint density at radius 1 is 0.741 bits per heavy atom. The molecule has 6 heteroatoms. The normalized spacial score (nSPS) is 17.2. The molecular formula is C48H41I2NO2Si. The van der Waals surface area contributed by atoms with Crippen molar-refractivity contribution in [3.63, 3.8) is 0 Å². The van der Waals surface area contributed by atoms with Crippen molar-refractivity contribution in [2.45, 2.75) is 57.8 Å². The average molecular weight is 946 g/mol. The highest BCUT2D eigenvalue weighted by Crippen LogP contribution is 2.70. The number of hydrogen-bond donors (Lipinski definition) is 0. The fraction of sp³-hybridized carbons (Fsp3) is 0.208. The zero-order chi connectivity index (χ0) is 38.6. The molecule has 2 aliphatic heterocycles. The number of ketones is 2. The number of benzene rings is 5. The highest BCUT2D eigenvalue weighted by Gasteiger charge is 2.71. The molecule has 8 rings (SSSR count). The van der Waals surface area contributed by atoms with Crippen molar-refractivity contribution in [1.82, 2.24) is 4.90 Å². The number of terminal acetylenes is 1. The maximum atomic E-state index is 14.2. The molecule has 0 aromatic heterocycles. The van der Waals surface area contributed by atoms with Crippen LogP contribution in [0, 0.1) is 37.9 Å². The Bertz CT molecular complexity index is 2440. The van der Waals surface area contributed by atoms with Gasteiger partial charge >= 0.3 is 0 Å². The Kier molecular flexibility index (Phi) is 10.2. The van der Waals surface area contributed by atoms with Gasteiger partial charge in [0.1, 0.15) is 13.6 Å². The highest BCUT2D eigenvalue weighted by atomic mass is 127. The minimum Gasteiger partial charge on any atom is -0.353 e. The molecule has 0 amide bonds. The maximum absolute atomic E-state index is 14.2. The zero-order valence-corrected chi connectivity index (χ0v) is 36.7. The molecule has 0 saturated heterocycles. The quantitative estimate of drug-likeness (QED) is 0.103. The maximum Gasteiger partial charge on any atom is 0.176 e. The molecule has 1 aliphatic carbocycles. The van der Waals surface area contributed by atoms with E-state index in [1.165, 1.54) is 11.1 Å². The summed E-state index contributed by atoms with van der Waals surface area (Å²) in [6, 6.07) is 38.4. The van der Waals surface area contributed by atoms with Crippen LogP contribution in [0.2, 0.25) is 19.6 Å². The van der Waals surface area contributed by atoms with Crippen LogP contribution in [-0.4, -0.2) is 31.1 Å². The van der Waals surface area contributed by atoms with E-state index in [2.05, 4.69) is 179 Å². The van der Waals surface area contributed by atoms with Crippen molar-refractivity contribution in [2.75, 3.05) is 6.54 Å². The second kappa shape index (κ2) is 14.5. The molecule has 54 heavy (non-hydrogen) atoms. The van der Waals surface area contributed by atoms with Gasteiger partial charge in [-0.15, -0.1) is 12.0 Å². The third-order valence-electron chi connectivity index (χ3n) is 10.7. The van der Waals surface area contributed by atoms with E-state index in [0.717, 1.165) is 58.1 Å². The lowest BCUT2D eigenvalue weighted by Gasteiger charge is -2.55. The Balaban J connectivity index is 0.000000273. The molecule has 2 heterocycles. The number of aryl methyl sites for hydroxylation is 1. The monoisotopic (exact) mass is 945 g/mol. The van der Waals surface area contributed by atoms with Crippen molar-refractivity contribution in [1.29, 1.82) is 0 Å². The summed E-state index contributed by atoms with van der Waals surface area (Å²) in [5, 5.41) is 0. The first-order chi connectivity index (χ1) is 25.7. The molecule has 1 spiro atoms. The van der Waals surface area contributed by atoms with Crippen molar-refractivity contribution < 1.29 is 9.59 Å². The third kappa shape index (κ3) is 6.11. The lowest BCUT2D eigenvalue weighted by molar-refractivity contribution is -0.117. The summed E-state index contributed by atoms with van der Waals surface area (Å²) in [6.45, 7) is 12.7. The van der Waals surface area contributed by atoms with Gasteiger partial charge in [0.2, 0.25) is 0 Å². The number of carbonyl (C=O) groups excluding carboxylic acids is 2. The second-order valence-corrected chi connectivity index (χ2v) is 22.6. The topological polar surface area (TPSA) is 37.4 Å². The summed E-state index contributed by atoms with van der Waals surface area (Å²) in [6.07, 6.45) is 6.07. The van der Waals surface area contributed by atoms with Gasteiger partial charge in [-0.3, -0.25) is 9.59 Å². The first-order valence-corrected chi connectivity index (χ1v) is 23.8. The lowest BCUT2D eigenvalue weighted by atomic mass is 9.54. The number of nitrogens with zero attached hydrogens (tertiary/aromatic N) is 1. The van der Waals surface area contributed by atoms with Crippen LogP contribution in [-0.2, 0) is 27.0 Å². The summed E-state index contributed by atoms with van der Waals surface area (Å²) < 4.78 is 2.21. The van der Waals surface area contributed by atoms with Gasteiger partial charge in [-0.1, -0.05) is 97.7 Å². The van der Waals surface area contributed by atoms with E-state index in [9.17, 15) is 9.59 Å². The van der Waals surface area contributed by atoms with E-state index < -0.39 is 19.0 Å². The number of fused-ring (bicyclic) bond motifs is 9. The number of halogens is 2. The first kappa shape index (κ1) is 38.1. The average Bonchev–Trinajstić information content (AvgIpc) is 3.59. The van der Waals surface area contributed by atoms with Gasteiger partial charge < -0.3 is 4.90 Å². The fourth-order valence-electron chi connectivity index (χ4n) is 8.77. The van der Waals surface area contributed by atoms with E-state index in [4.69, 9.17) is 6.42 Å². The molecule has 1 atom stereocenters. The molecule has 0 saturated carbocycles. The van der Waals surface area contributed by atoms with E-state index in [1.54, 1.807) is 13.8 Å². The molecule has 0 fully saturated rings. The summed E-state index contributed by atoms with van der Waals surface area (Å²) in [5.74, 6) is 5.65. The van der Waals surface area contributed by atoms with Crippen LogP contribution < -0.4 is 0 Å². The van der Waals surface area contributed by atoms with Crippen molar-refractivity contribution in [3.05, 3.63) is 172 Å². The standard InChI is InChI=1S/C35H27I2NO2.C13H14Si/c1-20-8-10-24(11-9-20)35-29-7-5-4-6-23(29)16-17-38(35)33(22(3)40)32(21(2)39)34(35)30-18-25(36)12-14-27(30)28-15-13-26(37)19-31(28)34;1-5-12-6-8-13(9-7-12)10-11-14(2,3)4/h4-15,18-19H,16-17H2,1-3H3;1,6-9H,2-4H3. The van der Waals surface area contributed by atoms with Crippen LogP contribution >= 0.6 is 45.2 Å². The van der Waals surface area contributed by atoms with Crippen LogP contribution in [0.1, 0.15) is 58.4 Å². The minimum absolute atomic E-state index is 0.0555. The molecule has 268 valence electrons. The number of allylic oxidation sites excluding steroid dienone is 1. The summed E-state index contributed by atoms with van der Waals surface area (Å²) >= 11 is 4.76. The van der Waals surface area contributed by atoms with Crippen LogP contribution in [0.25, 0.3) is 11.1 Å². The fourth-order valence-corrected chi connectivity index (χ4v) is 10.3. The van der Waals surface area contributed by atoms with Crippen LogP contribution in [0.15, 0.2) is 120 Å². The van der Waals surface area contributed by atoms with Gasteiger partial charge in [0.05, 0.1) is 11.1 Å². The van der Waals surface area contributed by atoms with Gasteiger partial charge in [0, 0.05) is 37.3 Å². The molecule has 0 bridgehead atoms. The number of hydrogen-bond acceptors (Lipinski definition) is 3. The van der Waals surface area contributed by atoms with E-state index in [-0.39, 0.29) is 11.6 Å². The third-order valence-corrected chi connectivity index (χ3v) is 12.9. The van der Waals surface area contributed by atoms with E-state index in [0.29, 0.717) is 17.8 Å². The zero-order valence-electron chi connectivity index (χ0n) is 31.4. The Morgan fingerprint density at radius 2 is 1.31 bits per heavy atom. The van der Waals surface area contributed by atoms with E-state index in [1.807, 2.05) is 24.3 Å². The Hall–Kier alpha value is -4.22. The Morgan fingerprint density at radius 3 is 1.85 bits per heavy atom. The van der Waals surface area contributed by atoms with Gasteiger partial charge in [-0.05, 0) is 153 Å². The van der Waals surface area contributed by atoms with Crippen molar-refractivity contribution in [3.8, 4) is 34.9 Å². The first-order valence-electron chi connectivity index (χ1n) is 18.1. The molecular weight excluding hydrogens is 904 g/mol. The molecule has 3 aliphatic rings. The molecule has 0 N–H and O–H groups in total. The predicted octanol–water partition coefficient (Wildman–Crippen LogP) is 10.6. The highest BCUT2D eigenvalue weighted by molar-refractivity contribution is 14.1. The van der Waals surface area contributed by atoms with Crippen LogP contribution in [0.5, 0.6) is 0 Å². The smallest absolute Gasteiger partial charge is 0.176 e. The summed E-state index contributed by atoms with van der Waals surface area (Å²) in [5.41, 5.74) is 13.8. The number of Topliss-reactive ketones (excluding diaryl/α,β-unsaturated/α-hetero) is 2. The molecule has 3 nitrogen and oxygen atoms in total. The second-order valence-electron chi connectivity index (χ2n) is 15.3. The largest absolute Gasteiger partial charge is 0.353 e. The Labute approximate surface area is 348 Å². The molecule has 1 unspecified atom stereocenters. The summed E-state index contributed by atoms with van der Waals surface area (Å²) in [4.78, 5) is 30.3. The van der Waals surface area contributed by atoms with Crippen LogP contribution in [0.3, 0.4) is 0 Å². The number of rotatable bonds is 3. The molecule has 0 radical (unpaired) electrons. The summed E-state index contributed by atoms with van der Waals surface area (Å²) in [7, 11) is -1.26. The molecule has 5 aromatic rings. The van der Waals surface area contributed by atoms with Crippen LogP contribution in [0.4, 0.5) is 0 Å². The minimum atomic E-state index is -1.26. The van der Waals surface area contributed by atoms with Crippen molar-refractivity contribution >= 4 is 64.8 Å². The van der Waals surface area contributed by atoms with E-state index >= 15 is 0 Å². The van der Waals surface area contributed by atoms with Gasteiger partial charge in [0.15, 0.2) is 11.6 Å². The predicted molar refractivity (Wildman–Crippen MR) is 240 cm³/mol. The lowest BCUT2D eigenvalue weighted by Crippen LogP contribution is -2.59. The molecule has 5 aromatic carbocycles.